The molecule has 0 aromatic rings. The van der Waals surface area contributed by atoms with Gasteiger partial charge < -0.3 is 19.5 Å². The number of carbonyl (C=O) groups is 2. The van der Waals surface area contributed by atoms with Crippen molar-refractivity contribution in [3.8, 4) is 0 Å². The number of nitrogens with one attached hydrogen (secondary N) is 1. The molecule has 6 nitrogen and oxygen atoms in total. The molecule has 0 atom stereocenters. The SMILES string of the molecule is CC.COCCOCCOCCC(=O)NC12CCC(C(=O)F)(CC1)CC2. The maximum absolute atomic E-state index is 13.2. The average molecular weight is 375 g/mol. The van der Waals surface area contributed by atoms with E-state index in [-0.39, 0.29) is 11.4 Å². The van der Waals surface area contributed by atoms with Crippen LogP contribution in [0.2, 0.25) is 0 Å². The monoisotopic (exact) mass is 375 g/mol. The van der Waals surface area contributed by atoms with Gasteiger partial charge in [0.15, 0.2) is 0 Å². The zero-order valence-electron chi connectivity index (χ0n) is 16.4. The van der Waals surface area contributed by atoms with Crippen LogP contribution in [0.3, 0.4) is 0 Å². The summed E-state index contributed by atoms with van der Waals surface area (Å²) < 4.78 is 28.7. The van der Waals surface area contributed by atoms with Crippen LogP contribution in [0.5, 0.6) is 0 Å². The van der Waals surface area contributed by atoms with Crippen LogP contribution in [0, 0.1) is 5.41 Å². The third-order valence-electron chi connectivity index (χ3n) is 5.35. The molecule has 0 spiro atoms. The van der Waals surface area contributed by atoms with Crippen molar-refractivity contribution in [2.45, 2.75) is 64.3 Å². The number of fused-ring (bicyclic) bond motifs is 3. The summed E-state index contributed by atoms with van der Waals surface area (Å²) in [6.45, 7) is 6.37. The number of carbonyl (C=O) groups excluding carboxylic acids is 2. The maximum atomic E-state index is 13.2. The molecule has 0 heterocycles. The summed E-state index contributed by atoms with van der Waals surface area (Å²) in [5.74, 6) is -0.0451. The van der Waals surface area contributed by atoms with Crippen molar-refractivity contribution in [2.24, 2.45) is 5.41 Å². The largest absolute Gasteiger partial charge is 0.382 e. The molecule has 1 amide bonds. The Morgan fingerprint density at radius 3 is 1.88 bits per heavy atom. The van der Waals surface area contributed by atoms with Gasteiger partial charge in [0.1, 0.15) is 0 Å². The van der Waals surface area contributed by atoms with Crippen LogP contribution in [0.4, 0.5) is 4.39 Å². The average Bonchev–Trinajstić information content (AvgIpc) is 2.66. The van der Waals surface area contributed by atoms with Crippen molar-refractivity contribution in [1.29, 1.82) is 0 Å². The first-order valence-electron chi connectivity index (χ1n) is 9.67. The molecule has 152 valence electrons. The molecule has 3 aliphatic rings. The van der Waals surface area contributed by atoms with Gasteiger partial charge in [-0.3, -0.25) is 9.59 Å². The molecule has 0 aromatic heterocycles. The van der Waals surface area contributed by atoms with Crippen LogP contribution in [-0.2, 0) is 23.8 Å². The summed E-state index contributed by atoms with van der Waals surface area (Å²) in [7, 11) is 1.62. The van der Waals surface area contributed by atoms with E-state index in [4.69, 9.17) is 14.2 Å². The number of amides is 1. The maximum Gasteiger partial charge on any atom is 0.307 e. The van der Waals surface area contributed by atoms with Gasteiger partial charge in [-0.2, -0.15) is 4.39 Å². The fourth-order valence-electron chi connectivity index (χ4n) is 3.66. The van der Waals surface area contributed by atoms with E-state index in [0.717, 1.165) is 0 Å². The van der Waals surface area contributed by atoms with Gasteiger partial charge in [0.25, 0.3) is 0 Å². The van der Waals surface area contributed by atoms with E-state index in [9.17, 15) is 14.0 Å². The van der Waals surface area contributed by atoms with Crippen molar-refractivity contribution < 1.29 is 28.2 Å². The fourth-order valence-corrected chi connectivity index (χ4v) is 3.66. The van der Waals surface area contributed by atoms with Gasteiger partial charge in [-0.05, 0) is 38.5 Å². The molecule has 0 unspecified atom stereocenters. The van der Waals surface area contributed by atoms with Gasteiger partial charge in [0, 0.05) is 19.1 Å². The van der Waals surface area contributed by atoms with Gasteiger partial charge in [0.05, 0.1) is 38.4 Å². The Hall–Kier alpha value is -1.05. The Morgan fingerprint density at radius 1 is 0.885 bits per heavy atom. The molecule has 2 bridgehead atoms. The van der Waals surface area contributed by atoms with E-state index in [2.05, 4.69) is 5.32 Å². The Labute approximate surface area is 156 Å². The smallest absolute Gasteiger partial charge is 0.307 e. The van der Waals surface area contributed by atoms with E-state index < -0.39 is 11.5 Å². The normalized spacial score (nSPS) is 26.8. The molecule has 7 heteroatoms. The molecule has 0 radical (unpaired) electrons. The Balaban J connectivity index is 0.00000163. The number of rotatable bonds is 11. The van der Waals surface area contributed by atoms with Crippen LogP contribution < -0.4 is 5.32 Å². The lowest BCUT2D eigenvalue weighted by molar-refractivity contribution is -0.148. The lowest BCUT2D eigenvalue weighted by Gasteiger charge is -2.51. The lowest BCUT2D eigenvalue weighted by atomic mass is 9.57. The molecule has 3 saturated carbocycles. The van der Waals surface area contributed by atoms with Gasteiger partial charge >= 0.3 is 6.04 Å². The second-order valence-corrected chi connectivity index (χ2v) is 6.85. The highest BCUT2D eigenvalue weighted by Gasteiger charge is 2.53. The topological polar surface area (TPSA) is 73.9 Å². The summed E-state index contributed by atoms with van der Waals surface area (Å²) in [4.78, 5) is 23.3. The van der Waals surface area contributed by atoms with Gasteiger partial charge in [-0.1, -0.05) is 13.8 Å². The second kappa shape index (κ2) is 11.6. The van der Waals surface area contributed by atoms with E-state index in [1.165, 1.54) is 0 Å². The van der Waals surface area contributed by atoms with Crippen molar-refractivity contribution in [2.75, 3.05) is 40.1 Å². The lowest BCUT2D eigenvalue weighted by Crippen LogP contribution is -2.58. The third kappa shape index (κ3) is 6.59. The van der Waals surface area contributed by atoms with Crippen molar-refractivity contribution in [1.82, 2.24) is 5.32 Å². The number of hydrogen-bond acceptors (Lipinski definition) is 5. The molecule has 3 fully saturated rings. The van der Waals surface area contributed by atoms with E-state index in [1.807, 2.05) is 13.8 Å². The van der Waals surface area contributed by atoms with Gasteiger partial charge in [-0.25, -0.2) is 0 Å². The van der Waals surface area contributed by atoms with Crippen LogP contribution in [0.15, 0.2) is 0 Å². The first-order chi connectivity index (χ1) is 12.5. The number of methoxy groups -OCH3 is 1. The molecular weight excluding hydrogens is 341 g/mol. The molecule has 0 aromatic carbocycles. The molecule has 26 heavy (non-hydrogen) atoms. The zero-order chi connectivity index (χ0) is 19.5. The number of ether oxygens (including phenoxy) is 3. The molecule has 0 saturated heterocycles. The van der Waals surface area contributed by atoms with Crippen LogP contribution >= 0.6 is 0 Å². The minimum absolute atomic E-state index is 0.0451. The first kappa shape index (κ1) is 23.0. The predicted molar refractivity (Wildman–Crippen MR) is 96.6 cm³/mol. The fraction of sp³-hybridized carbons (Fsp3) is 0.895. The molecular formula is C19H34FNO5. The Morgan fingerprint density at radius 2 is 1.38 bits per heavy atom. The summed E-state index contributed by atoms with van der Waals surface area (Å²) in [6.07, 6.45) is 3.97. The highest BCUT2D eigenvalue weighted by molar-refractivity contribution is 5.78. The standard InChI is InChI=1S/C17H28FNO5.C2H6/c1-22-10-11-24-13-12-23-9-2-14(20)19-17-6-3-16(4-7-17,5-8-17)15(18)21;1-2/h2-13H2,1H3,(H,19,20);1-2H3. The highest BCUT2D eigenvalue weighted by Crippen LogP contribution is 2.52. The predicted octanol–water partition coefficient (Wildman–Crippen LogP) is 2.79. The summed E-state index contributed by atoms with van der Waals surface area (Å²) >= 11 is 0. The number of hydrogen-bond donors (Lipinski definition) is 1. The quantitative estimate of drug-likeness (QED) is 0.444. The summed E-state index contributed by atoms with van der Waals surface area (Å²) in [6, 6.07) is -1.18. The van der Waals surface area contributed by atoms with Crippen molar-refractivity contribution in [3.63, 3.8) is 0 Å². The van der Waals surface area contributed by atoms with E-state index in [1.54, 1.807) is 7.11 Å². The van der Waals surface area contributed by atoms with Gasteiger partial charge in [0.2, 0.25) is 5.91 Å². The van der Waals surface area contributed by atoms with E-state index in [0.29, 0.717) is 78.0 Å². The molecule has 0 aliphatic heterocycles. The summed E-state index contributed by atoms with van der Waals surface area (Å²) in [5.41, 5.74) is -1.02. The van der Waals surface area contributed by atoms with Crippen LogP contribution in [0.25, 0.3) is 0 Å². The third-order valence-corrected chi connectivity index (χ3v) is 5.35. The van der Waals surface area contributed by atoms with Gasteiger partial charge in [-0.15, -0.1) is 0 Å². The van der Waals surface area contributed by atoms with Crippen molar-refractivity contribution >= 4 is 11.9 Å². The first-order valence-corrected chi connectivity index (χ1v) is 9.67. The minimum atomic E-state index is -1.18. The summed E-state index contributed by atoms with van der Waals surface area (Å²) in [5, 5.41) is 3.09. The Bertz CT molecular complexity index is 419. The number of halogens is 1. The second-order valence-electron chi connectivity index (χ2n) is 6.85. The van der Waals surface area contributed by atoms with Crippen LogP contribution in [-0.4, -0.2) is 57.6 Å². The highest BCUT2D eigenvalue weighted by atomic mass is 19.1. The minimum Gasteiger partial charge on any atom is -0.382 e. The van der Waals surface area contributed by atoms with E-state index >= 15 is 0 Å². The van der Waals surface area contributed by atoms with Crippen molar-refractivity contribution in [3.05, 3.63) is 0 Å². The Kier molecular flexibility index (Phi) is 10.3. The van der Waals surface area contributed by atoms with Crippen LogP contribution in [0.1, 0.15) is 58.8 Å². The zero-order valence-corrected chi connectivity index (χ0v) is 16.4. The molecule has 3 aliphatic carbocycles. The molecule has 1 N–H and O–H groups in total. The molecule has 3 rings (SSSR count).